The Bertz CT molecular complexity index is 1180. The molecule has 1 aliphatic rings. The van der Waals surface area contributed by atoms with Gasteiger partial charge >= 0.3 is 6.29 Å². The van der Waals surface area contributed by atoms with Gasteiger partial charge in [0.1, 0.15) is 11.5 Å². The lowest BCUT2D eigenvalue weighted by atomic mass is 10.2. The second-order valence-electron chi connectivity index (χ2n) is 6.88. The Morgan fingerprint density at radius 1 is 0.879 bits per heavy atom. The summed E-state index contributed by atoms with van der Waals surface area (Å²) in [6.07, 6.45) is -3.73. The van der Waals surface area contributed by atoms with Crippen LogP contribution < -0.4 is 29.6 Å². The highest BCUT2D eigenvalue weighted by Gasteiger charge is 2.43. The van der Waals surface area contributed by atoms with Crippen molar-refractivity contribution in [2.45, 2.75) is 6.29 Å². The van der Waals surface area contributed by atoms with Crippen LogP contribution >= 0.6 is 0 Å². The maximum absolute atomic E-state index is 13.1. The van der Waals surface area contributed by atoms with Crippen LogP contribution in [0.2, 0.25) is 0 Å². The first kappa shape index (κ1) is 21.9. The molecule has 2 amide bonds. The Morgan fingerprint density at radius 2 is 1.61 bits per heavy atom. The first-order valence-electron chi connectivity index (χ1n) is 9.69. The predicted octanol–water partition coefficient (Wildman–Crippen LogP) is 4.29. The predicted molar refractivity (Wildman–Crippen MR) is 114 cm³/mol. The lowest BCUT2D eigenvalue weighted by Gasteiger charge is -2.09. The van der Waals surface area contributed by atoms with Gasteiger partial charge in [0, 0.05) is 29.1 Å². The number of alkyl halides is 2. The number of nitrogens with one attached hydrogen (secondary N) is 2. The van der Waals surface area contributed by atoms with Gasteiger partial charge in [-0.2, -0.15) is 0 Å². The molecule has 4 rings (SSSR count). The Labute approximate surface area is 187 Å². The first-order valence-corrected chi connectivity index (χ1v) is 9.69. The molecule has 0 atom stereocenters. The van der Waals surface area contributed by atoms with Gasteiger partial charge in [-0.1, -0.05) is 6.07 Å². The van der Waals surface area contributed by atoms with E-state index in [1.54, 1.807) is 24.3 Å². The molecule has 10 heteroatoms. The Hall–Kier alpha value is -4.34. The Morgan fingerprint density at radius 3 is 2.36 bits per heavy atom. The fraction of sp³-hybridized carbons (Fsp3) is 0.130. The van der Waals surface area contributed by atoms with E-state index in [0.717, 1.165) is 0 Å². The van der Waals surface area contributed by atoms with E-state index < -0.39 is 12.2 Å². The minimum atomic E-state index is -3.73. The van der Waals surface area contributed by atoms with E-state index in [-0.39, 0.29) is 29.7 Å². The quantitative estimate of drug-likeness (QED) is 0.551. The number of hydrogen-bond acceptors (Lipinski definition) is 6. The molecule has 0 unspecified atom stereocenters. The summed E-state index contributed by atoms with van der Waals surface area (Å²) in [4.78, 5) is 24.5. The van der Waals surface area contributed by atoms with E-state index in [2.05, 4.69) is 20.1 Å². The van der Waals surface area contributed by atoms with Crippen molar-refractivity contribution in [3.63, 3.8) is 0 Å². The van der Waals surface area contributed by atoms with Gasteiger partial charge in [0.15, 0.2) is 18.1 Å². The number of anilines is 2. The Kier molecular flexibility index (Phi) is 5.99. The number of rotatable bonds is 7. The average molecular weight is 456 g/mol. The van der Waals surface area contributed by atoms with E-state index in [4.69, 9.17) is 9.47 Å². The van der Waals surface area contributed by atoms with Crippen LogP contribution in [-0.4, -0.2) is 31.8 Å². The van der Waals surface area contributed by atoms with Gasteiger partial charge in [0.2, 0.25) is 0 Å². The van der Waals surface area contributed by atoms with E-state index in [1.807, 2.05) is 0 Å². The third kappa shape index (κ3) is 5.48. The molecule has 0 aliphatic carbocycles. The number of carbonyl (C=O) groups is 2. The molecule has 3 aromatic carbocycles. The third-order valence-electron chi connectivity index (χ3n) is 4.50. The van der Waals surface area contributed by atoms with Gasteiger partial charge in [-0.05, 0) is 48.5 Å². The maximum Gasteiger partial charge on any atom is 0.586 e. The number of fused-ring (bicyclic) bond motifs is 1. The summed E-state index contributed by atoms with van der Waals surface area (Å²) in [6, 6.07) is 16.9. The van der Waals surface area contributed by atoms with Crippen molar-refractivity contribution >= 4 is 23.2 Å². The molecule has 0 bridgehead atoms. The minimum Gasteiger partial charge on any atom is -0.497 e. The van der Waals surface area contributed by atoms with Crippen molar-refractivity contribution < 1.29 is 37.3 Å². The van der Waals surface area contributed by atoms with Gasteiger partial charge in [-0.25, -0.2) is 0 Å². The average Bonchev–Trinajstić information content (AvgIpc) is 3.11. The highest BCUT2D eigenvalue weighted by molar-refractivity contribution is 6.04. The first-order chi connectivity index (χ1) is 15.8. The van der Waals surface area contributed by atoms with Gasteiger partial charge in [-0.3, -0.25) is 9.59 Å². The minimum absolute atomic E-state index is 0.116. The highest BCUT2D eigenvalue weighted by atomic mass is 19.3. The van der Waals surface area contributed by atoms with Crippen LogP contribution in [0.3, 0.4) is 0 Å². The normalized spacial score (nSPS) is 13.2. The maximum atomic E-state index is 13.1. The number of amides is 2. The number of ether oxygens (including phenoxy) is 4. The second-order valence-corrected chi connectivity index (χ2v) is 6.88. The summed E-state index contributed by atoms with van der Waals surface area (Å²) < 4.78 is 45.5. The van der Waals surface area contributed by atoms with Gasteiger partial charge < -0.3 is 29.6 Å². The standard InChI is InChI=1S/C23H18F2N2O6/c1-30-18-4-2-3-15(11-18)26-21(28)13-31-17-8-5-14(6-9-17)22(29)27-16-7-10-19-20(12-16)33-23(24,25)32-19/h2-12H,13H2,1H3,(H,26,28)(H,27,29). The highest BCUT2D eigenvalue weighted by Crippen LogP contribution is 2.42. The monoisotopic (exact) mass is 456 g/mol. The molecular weight excluding hydrogens is 438 g/mol. The summed E-state index contributed by atoms with van der Waals surface area (Å²) in [7, 11) is 1.53. The van der Waals surface area contributed by atoms with Crippen molar-refractivity contribution in [1.29, 1.82) is 0 Å². The molecule has 3 aromatic rings. The number of benzene rings is 3. The number of methoxy groups -OCH3 is 1. The van der Waals surface area contributed by atoms with Crippen LogP contribution in [0.15, 0.2) is 66.7 Å². The summed E-state index contributed by atoms with van der Waals surface area (Å²) in [6.45, 7) is -0.232. The lowest BCUT2D eigenvalue weighted by molar-refractivity contribution is -0.286. The third-order valence-corrected chi connectivity index (χ3v) is 4.50. The zero-order valence-electron chi connectivity index (χ0n) is 17.3. The molecule has 1 heterocycles. The molecule has 2 N–H and O–H groups in total. The molecular formula is C23H18F2N2O6. The molecule has 0 aromatic heterocycles. The number of carbonyl (C=O) groups excluding carboxylic acids is 2. The van der Waals surface area contributed by atoms with Crippen molar-refractivity contribution in [2.75, 3.05) is 24.4 Å². The topological polar surface area (TPSA) is 95.1 Å². The molecule has 170 valence electrons. The van der Waals surface area contributed by atoms with Crippen molar-refractivity contribution in [2.24, 2.45) is 0 Å². The van der Waals surface area contributed by atoms with Crippen LogP contribution in [0.1, 0.15) is 10.4 Å². The van der Waals surface area contributed by atoms with Crippen LogP contribution in [-0.2, 0) is 4.79 Å². The van der Waals surface area contributed by atoms with Crippen LogP contribution in [0.4, 0.5) is 20.2 Å². The van der Waals surface area contributed by atoms with E-state index >= 15 is 0 Å². The molecule has 0 saturated heterocycles. The summed E-state index contributed by atoms with van der Waals surface area (Å²) in [5.74, 6) is -0.121. The fourth-order valence-electron chi connectivity index (χ4n) is 2.98. The molecule has 1 aliphatic heterocycles. The van der Waals surface area contributed by atoms with E-state index in [0.29, 0.717) is 22.7 Å². The molecule has 0 saturated carbocycles. The van der Waals surface area contributed by atoms with Crippen LogP contribution in [0.5, 0.6) is 23.0 Å². The van der Waals surface area contributed by atoms with E-state index in [1.165, 1.54) is 49.6 Å². The molecule has 8 nitrogen and oxygen atoms in total. The lowest BCUT2D eigenvalue weighted by Crippen LogP contribution is -2.25. The number of hydrogen-bond donors (Lipinski definition) is 2. The zero-order valence-corrected chi connectivity index (χ0v) is 17.3. The van der Waals surface area contributed by atoms with Gasteiger partial charge in [0.25, 0.3) is 11.8 Å². The number of halogens is 2. The van der Waals surface area contributed by atoms with Crippen LogP contribution in [0, 0.1) is 0 Å². The molecule has 33 heavy (non-hydrogen) atoms. The van der Waals surface area contributed by atoms with Crippen LogP contribution in [0.25, 0.3) is 0 Å². The molecule has 0 spiro atoms. The summed E-state index contributed by atoms with van der Waals surface area (Å²) >= 11 is 0. The van der Waals surface area contributed by atoms with Gasteiger partial charge in [0.05, 0.1) is 7.11 Å². The molecule has 0 fully saturated rings. The van der Waals surface area contributed by atoms with Crippen molar-refractivity contribution in [3.8, 4) is 23.0 Å². The molecule has 0 radical (unpaired) electrons. The smallest absolute Gasteiger partial charge is 0.497 e. The van der Waals surface area contributed by atoms with E-state index in [9.17, 15) is 18.4 Å². The largest absolute Gasteiger partial charge is 0.586 e. The fourth-order valence-corrected chi connectivity index (χ4v) is 2.98. The van der Waals surface area contributed by atoms with Gasteiger partial charge in [-0.15, -0.1) is 8.78 Å². The Balaban J connectivity index is 1.30. The van der Waals surface area contributed by atoms with Crippen molar-refractivity contribution in [3.05, 3.63) is 72.3 Å². The zero-order chi connectivity index (χ0) is 23.4. The second kappa shape index (κ2) is 9.03. The summed E-state index contributed by atoms with van der Waals surface area (Å²) in [5.41, 5.74) is 1.13. The SMILES string of the molecule is COc1cccc(NC(=O)COc2ccc(C(=O)Nc3ccc4c(c3)OC(F)(F)O4)cc2)c1. The van der Waals surface area contributed by atoms with Crippen molar-refractivity contribution in [1.82, 2.24) is 0 Å². The summed E-state index contributed by atoms with van der Waals surface area (Å²) in [5, 5.41) is 5.28.